The molecular formula is C18H19N3. The number of fused-ring (bicyclic) bond motifs is 1. The summed E-state index contributed by atoms with van der Waals surface area (Å²) in [4.78, 5) is 9.19. The summed E-state index contributed by atoms with van der Waals surface area (Å²) in [5.74, 6) is 0. The summed E-state index contributed by atoms with van der Waals surface area (Å²) in [5, 5.41) is 4.51. The van der Waals surface area contributed by atoms with Crippen molar-refractivity contribution in [2.24, 2.45) is 0 Å². The van der Waals surface area contributed by atoms with Gasteiger partial charge in [-0.15, -0.1) is 0 Å². The third-order valence-electron chi connectivity index (χ3n) is 3.68. The van der Waals surface area contributed by atoms with E-state index < -0.39 is 0 Å². The van der Waals surface area contributed by atoms with Crippen LogP contribution in [0.2, 0.25) is 0 Å². The molecule has 2 aromatic heterocycles. The maximum atomic E-state index is 4.64. The first-order valence-corrected chi connectivity index (χ1v) is 7.15. The average molecular weight is 277 g/mol. The summed E-state index contributed by atoms with van der Waals surface area (Å²) in [6, 6.07) is 16.8. The highest BCUT2D eigenvalue weighted by atomic mass is 14.9. The molecular weight excluding hydrogens is 258 g/mol. The van der Waals surface area contributed by atoms with Crippen LogP contribution in [0.3, 0.4) is 0 Å². The quantitative estimate of drug-likeness (QED) is 0.795. The van der Waals surface area contributed by atoms with E-state index in [4.69, 9.17) is 0 Å². The van der Waals surface area contributed by atoms with Crippen molar-refractivity contribution in [3.8, 4) is 0 Å². The minimum Gasteiger partial charge on any atom is -0.308 e. The first-order valence-electron chi connectivity index (χ1n) is 7.15. The second kappa shape index (κ2) is 5.62. The molecule has 1 aromatic carbocycles. The van der Waals surface area contributed by atoms with Gasteiger partial charge in [0.1, 0.15) is 0 Å². The van der Waals surface area contributed by atoms with Crippen molar-refractivity contribution in [1.29, 1.82) is 0 Å². The van der Waals surface area contributed by atoms with Crippen LogP contribution in [0.15, 0.2) is 48.5 Å². The molecule has 0 fully saturated rings. The van der Waals surface area contributed by atoms with Gasteiger partial charge in [-0.05, 0) is 56.8 Å². The van der Waals surface area contributed by atoms with Gasteiger partial charge in [-0.1, -0.05) is 18.2 Å². The van der Waals surface area contributed by atoms with E-state index in [1.54, 1.807) is 0 Å². The molecule has 1 unspecified atom stereocenters. The van der Waals surface area contributed by atoms with Gasteiger partial charge in [0, 0.05) is 16.8 Å². The van der Waals surface area contributed by atoms with Crippen LogP contribution in [0.1, 0.15) is 28.7 Å². The van der Waals surface area contributed by atoms with Gasteiger partial charge in [0.15, 0.2) is 0 Å². The Hall–Kier alpha value is -2.26. The lowest BCUT2D eigenvalue weighted by molar-refractivity contribution is 0.669. The Bertz CT molecular complexity index is 780. The van der Waals surface area contributed by atoms with Crippen molar-refractivity contribution >= 4 is 10.9 Å². The molecule has 0 saturated heterocycles. The van der Waals surface area contributed by atoms with E-state index in [0.717, 1.165) is 28.0 Å². The molecule has 0 aliphatic carbocycles. The Labute approximate surface area is 125 Å². The van der Waals surface area contributed by atoms with E-state index in [9.17, 15) is 0 Å². The zero-order valence-electron chi connectivity index (χ0n) is 12.6. The van der Waals surface area contributed by atoms with Crippen molar-refractivity contribution < 1.29 is 0 Å². The van der Waals surface area contributed by atoms with Crippen LogP contribution in [-0.2, 0) is 0 Å². The van der Waals surface area contributed by atoms with E-state index in [-0.39, 0.29) is 6.04 Å². The number of aromatic nitrogens is 2. The lowest BCUT2D eigenvalue weighted by Gasteiger charge is -2.17. The maximum absolute atomic E-state index is 4.64. The minimum atomic E-state index is 0.0932. The highest BCUT2D eigenvalue weighted by Gasteiger charge is 2.14. The van der Waals surface area contributed by atoms with Crippen molar-refractivity contribution in [2.75, 3.05) is 7.05 Å². The summed E-state index contributed by atoms with van der Waals surface area (Å²) in [7, 11) is 1.96. The number of hydrogen-bond donors (Lipinski definition) is 1. The predicted molar refractivity (Wildman–Crippen MR) is 86.4 cm³/mol. The Balaban J connectivity index is 2.06. The number of pyridine rings is 2. The molecule has 0 radical (unpaired) electrons. The van der Waals surface area contributed by atoms with Crippen molar-refractivity contribution in [3.63, 3.8) is 0 Å². The molecule has 1 N–H and O–H groups in total. The zero-order valence-corrected chi connectivity index (χ0v) is 12.6. The number of nitrogens with one attached hydrogen (secondary N) is 1. The molecule has 0 aliphatic rings. The second-order valence-corrected chi connectivity index (χ2v) is 5.33. The van der Waals surface area contributed by atoms with Crippen molar-refractivity contribution in [3.05, 3.63) is 71.2 Å². The molecule has 0 aliphatic heterocycles. The second-order valence-electron chi connectivity index (χ2n) is 5.33. The number of nitrogens with zero attached hydrogens (tertiary/aromatic N) is 2. The normalized spacial score (nSPS) is 12.5. The van der Waals surface area contributed by atoms with Crippen LogP contribution in [0.25, 0.3) is 10.9 Å². The summed E-state index contributed by atoms with van der Waals surface area (Å²) >= 11 is 0. The molecule has 2 heterocycles. The van der Waals surface area contributed by atoms with E-state index in [1.807, 2.05) is 39.1 Å². The molecule has 3 heteroatoms. The summed E-state index contributed by atoms with van der Waals surface area (Å²) in [5.41, 5.74) is 5.35. The average Bonchev–Trinajstić information content (AvgIpc) is 2.48. The highest BCUT2D eigenvalue weighted by molar-refractivity contribution is 5.79. The molecule has 0 saturated carbocycles. The van der Waals surface area contributed by atoms with Crippen LogP contribution in [-0.4, -0.2) is 17.0 Å². The molecule has 3 rings (SSSR count). The first-order chi connectivity index (χ1) is 10.2. The van der Waals surface area contributed by atoms with Gasteiger partial charge in [0.2, 0.25) is 0 Å². The molecule has 0 spiro atoms. The lowest BCUT2D eigenvalue weighted by atomic mass is 10.0. The number of rotatable bonds is 3. The highest BCUT2D eigenvalue weighted by Crippen LogP contribution is 2.24. The third-order valence-corrected chi connectivity index (χ3v) is 3.68. The van der Waals surface area contributed by atoms with Crippen LogP contribution in [0.5, 0.6) is 0 Å². The van der Waals surface area contributed by atoms with Gasteiger partial charge >= 0.3 is 0 Å². The molecule has 0 bridgehead atoms. The van der Waals surface area contributed by atoms with Crippen LogP contribution in [0.4, 0.5) is 0 Å². The van der Waals surface area contributed by atoms with Gasteiger partial charge < -0.3 is 5.32 Å². The lowest BCUT2D eigenvalue weighted by Crippen LogP contribution is -2.19. The summed E-state index contributed by atoms with van der Waals surface area (Å²) < 4.78 is 0. The fraction of sp³-hybridized carbons (Fsp3) is 0.222. The minimum absolute atomic E-state index is 0.0932. The number of benzene rings is 1. The molecule has 1 atom stereocenters. The van der Waals surface area contributed by atoms with E-state index in [1.165, 1.54) is 5.56 Å². The standard InChI is InChI=1S/C18H19N3/c1-12-5-4-6-17(21-12)18(19-3)15-9-10-16-14(11-15)8-7-13(2)20-16/h4-11,18-19H,1-3H3. The smallest absolute Gasteiger partial charge is 0.0749 e. The molecule has 3 nitrogen and oxygen atoms in total. The topological polar surface area (TPSA) is 37.8 Å². The SMILES string of the molecule is CNC(c1ccc2nc(C)ccc2c1)c1cccc(C)n1. The molecule has 3 aromatic rings. The third kappa shape index (κ3) is 2.78. The van der Waals surface area contributed by atoms with Gasteiger partial charge in [-0.25, -0.2) is 0 Å². The largest absolute Gasteiger partial charge is 0.308 e. The Morgan fingerprint density at radius 3 is 2.48 bits per heavy atom. The molecule has 0 amide bonds. The fourth-order valence-electron chi connectivity index (χ4n) is 2.64. The van der Waals surface area contributed by atoms with E-state index in [0.29, 0.717) is 0 Å². The molecule has 106 valence electrons. The van der Waals surface area contributed by atoms with E-state index >= 15 is 0 Å². The van der Waals surface area contributed by atoms with E-state index in [2.05, 4.69) is 45.6 Å². The Morgan fingerprint density at radius 2 is 1.71 bits per heavy atom. The van der Waals surface area contributed by atoms with Gasteiger partial charge in [-0.3, -0.25) is 9.97 Å². The molecule has 21 heavy (non-hydrogen) atoms. The van der Waals surface area contributed by atoms with Crippen LogP contribution in [0, 0.1) is 13.8 Å². The summed E-state index contributed by atoms with van der Waals surface area (Å²) in [6.45, 7) is 4.03. The fourth-order valence-corrected chi connectivity index (χ4v) is 2.64. The predicted octanol–water partition coefficient (Wildman–Crippen LogP) is 3.56. The number of hydrogen-bond acceptors (Lipinski definition) is 3. The van der Waals surface area contributed by atoms with Crippen LogP contribution < -0.4 is 5.32 Å². The Kier molecular flexibility index (Phi) is 3.67. The van der Waals surface area contributed by atoms with Gasteiger partial charge in [-0.2, -0.15) is 0 Å². The monoisotopic (exact) mass is 277 g/mol. The first kappa shape index (κ1) is 13.7. The summed E-state index contributed by atoms with van der Waals surface area (Å²) in [6.07, 6.45) is 0. The van der Waals surface area contributed by atoms with Gasteiger partial charge in [0.05, 0.1) is 17.3 Å². The van der Waals surface area contributed by atoms with Crippen LogP contribution >= 0.6 is 0 Å². The zero-order chi connectivity index (χ0) is 14.8. The Morgan fingerprint density at radius 1 is 0.905 bits per heavy atom. The maximum Gasteiger partial charge on any atom is 0.0749 e. The van der Waals surface area contributed by atoms with Gasteiger partial charge in [0.25, 0.3) is 0 Å². The van der Waals surface area contributed by atoms with Crippen molar-refractivity contribution in [1.82, 2.24) is 15.3 Å². The van der Waals surface area contributed by atoms with Crippen molar-refractivity contribution in [2.45, 2.75) is 19.9 Å². The number of aryl methyl sites for hydroxylation is 2.